The Labute approximate surface area is 133 Å². The largest absolute Gasteiger partial charge is 0.673 e. The molecule has 0 aromatic heterocycles. The molecule has 23 heavy (non-hydrogen) atoms. The van der Waals surface area contributed by atoms with E-state index in [2.05, 4.69) is 0 Å². The number of nitrogens with zero attached hydrogens (tertiary/aromatic N) is 1. The van der Waals surface area contributed by atoms with Crippen LogP contribution >= 0.6 is 0 Å². The normalized spacial score (nSPS) is 13.0. The molecule has 1 atom stereocenters. The van der Waals surface area contributed by atoms with Gasteiger partial charge >= 0.3 is 13.2 Å². The fraction of sp³-hybridized carbons (Fsp3) is 0.500. The second-order valence-corrected chi connectivity index (χ2v) is 5.98. The fourth-order valence-electron chi connectivity index (χ4n) is 1.77. The zero-order valence-electron chi connectivity index (χ0n) is 13.4. The van der Waals surface area contributed by atoms with E-state index in [0.29, 0.717) is 17.6 Å². The van der Waals surface area contributed by atoms with Crippen molar-refractivity contribution in [1.82, 2.24) is 0 Å². The zero-order chi connectivity index (χ0) is 18.1. The highest BCUT2D eigenvalue weighted by Gasteiger charge is 2.21. The maximum atomic E-state index is 10.8. The molecule has 0 aliphatic heterocycles. The molecule has 0 amide bonds. The summed E-state index contributed by atoms with van der Waals surface area (Å²) < 4.78 is 45.4. The van der Waals surface area contributed by atoms with E-state index in [4.69, 9.17) is 9.84 Å². The molecule has 0 saturated heterocycles. The van der Waals surface area contributed by atoms with Gasteiger partial charge in [-0.2, -0.15) is 0 Å². The van der Waals surface area contributed by atoms with Gasteiger partial charge in [0.2, 0.25) is 0 Å². The number of carboxylic acid groups (broad SMARTS) is 1. The van der Waals surface area contributed by atoms with Crippen molar-refractivity contribution in [3.05, 3.63) is 35.9 Å². The van der Waals surface area contributed by atoms with Crippen molar-refractivity contribution >= 4 is 13.2 Å². The van der Waals surface area contributed by atoms with Crippen LogP contribution in [0.1, 0.15) is 12.0 Å². The average molecular weight is 339 g/mol. The average Bonchev–Trinajstić information content (AvgIpc) is 2.32. The summed E-state index contributed by atoms with van der Waals surface area (Å²) in [6, 6.07) is 9.80. The fourth-order valence-corrected chi connectivity index (χ4v) is 1.77. The minimum atomic E-state index is -6.00. The van der Waals surface area contributed by atoms with Crippen LogP contribution in [0, 0.1) is 0 Å². The summed E-state index contributed by atoms with van der Waals surface area (Å²) >= 11 is 0. The lowest BCUT2D eigenvalue weighted by molar-refractivity contribution is -0.873. The number of hydrogen-bond donors (Lipinski definition) is 1. The molecule has 1 aromatic carbocycles. The third-order valence-corrected chi connectivity index (χ3v) is 2.48. The summed E-state index contributed by atoms with van der Waals surface area (Å²) in [5.41, 5.74) is 1.06. The Bertz CT molecular complexity index is 457. The van der Waals surface area contributed by atoms with Crippen molar-refractivity contribution < 1.29 is 36.4 Å². The van der Waals surface area contributed by atoms with Gasteiger partial charge in [-0.3, -0.25) is 4.79 Å². The molecule has 0 heterocycles. The van der Waals surface area contributed by atoms with Crippen molar-refractivity contribution in [3.63, 3.8) is 0 Å². The lowest BCUT2D eigenvalue weighted by Gasteiger charge is -2.28. The van der Waals surface area contributed by atoms with E-state index in [0.717, 1.165) is 5.56 Å². The maximum Gasteiger partial charge on any atom is 0.673 e. The molecule has 4 nitrogen and oxygen atoms in total. The van der Waals surface area contributed by atoms with Gasteiger partial charge in [0.15, 0.2) is 0 Å². The molecule has 1 aromatic rings. The summed E-state index contributed by atoms with van der Waals surface area (Å²) in [6.45, 7) is 1.14. The van der Waals surface area contributed by atoms with E-state index < -0.39 is 13.2 Å². The van der Waals surface area contributed by atoms with Crippen LogP contribution in [0.5, 0.6) is 0 Å². The number of carboxylic acids is 1. The molecule has 0 fully saturated rings. The molecule has 1 unspecified atom stereocenters. The molecule has 0 aliphatic rings. The highest BCUT2D eigenvalue weighted by Crippen LogP contribution is 2.09. The molecule has 0 saturated carbocycles. The van der Waals surface area contributed by atoms with E-state index in [1.54, 1.807) is 0 Å². The van der Waals surface area contributed by atoms with Crippen molar-refractivity contribution in [3.8, 4) is 0 Å². The van der Waals surface area contributed by atoms with Crippen LogP contribution in [-0.4, -0.2) is 56.6 Å². The van der Waals surface area contributed by atoms with Crippen molar-refractivity contribution in [2.75, 3.05) is 27.7 Å². The molecule has 1 N–H and O–H groups in total. The van der Waals surface area contributed by atoms with Gasteiger partial charge in [0.1, 0.15) is 12.6 Å². The van der Waals surface area contributed by atoms with E-state index in [9.17, 15) is 22.1 Å². The number of ether oxygens (including phenoxy) is 1. The van der Waals surface area contributed by atoms with Crippen LogP contribution < -0.4 is 0 Å². The van der Waals surface area contributed by atoms with Crippen molar-refractivity contribution in [1.29, 1.82) is 0 Å². The molecule has 0 spiro atoms. The Morgan fingerprint density at radius 2 is 1.65 bits per heavy atom. The van der Waals surface area contributed by atoms with E-state index in [-0.39, 0.29) is 12.5 Å². The number of rotatable bonds is 7. The first-order chi connectivity index (χ1) is 10.4. The molecule has 1 rings (SSSR count). The number of quaternary nitrogens is 1. The van der Waals surface area contributed by atoms with Crippen molar-refractivity contribution in [2.45, 2.75) is 19.1 Å². The highest BCUT2D eigenvalue weighted by molar-refractivity contribution is 6.50. The summed E-state index contributed by atoms with van der Waals surface area (Å²) in [7, 11) is 0.0855. The van der Waals surface area contributed by atoms with Gasteiger partial charge in [0, 0.05) is 0 Å². The Morgan fingerprint density at radius 3 is 2.04 bits per heavy atom. The number of aliphatic carboxylic acids is 1. The minimum Gasteiger partial charge on any atom is -0.481 e. The van der Waals surface area contributed by atoms with Gasteiger partial charge in [0.05, 0.1) is 34.2 Å². The first kappa shape index (κ1) is 21.4. The molecular weight excluding hydrogens is 317 g/mol. The van der Waals surface area contributed by atoms with Gasteiger partial charge in [-0.1, -0.05) is 30.3 Å². The maximum absolute atomic E-state index is 10.8. The molecule has 0 radical (unpaired) electrons. The summed E-state index contributed by atoms with van der Waals surface area (Å²) in [5, 5.41) is 8.89. The van der Waals surface area contributed by atoms with Gasteiger partial charge in [0.25, 0.3) is 0 Å². The predicted octanol–water partition coefficient (Wildman–Crippen LogP) is 3.05. The zero-order valence-corrected chi connectivity index (χ0v) is 13.4. The number of likely N-dealkylation sites (N-methyl/N-ethyl adjacent to an activating group) is 1. The number of halogens is 4. The molecule has 9 heteroatoms. The van der Waals surface area contributed by atoms with Crippen LogP contribution in [0.3, 0.4) is 0 Å². The summed E-state index contributed by atoms with van der Waals surface area (Å²) in [6.07, 6.45) is -0.217. The molecular formula is C14H22BF4NO3. The van der Waals surface area contributed by atoms with Gasteiger partial charge in [-0.05, 0) is 5.56 Å². The Hall–Kier alpha value is -1.61. The molecule has 0 aliphatic carbocycles. The number of benzene rings is 1. The van der Waals surface area contributed by atoms with Crippen molar-refractivity contribution in [2.24, 2.45) is 0 Å². The van der Waals surface area contributed by atoms with Gasteiger partial charge < -0.3 is 31.6 Å². The second kappa shape index (κ2) is 9.52. The first-order valence-electron chi connectivity index (χ1n) is 6.92. The highest BCUT2D eigenvalue weighted by atomic mass is 19.5. The standard InChI is InChI=1S/C14H21NO3.BF4/c1-15(2,3)10-13(9-14(16)17)18-11-12-7-5-4-6-8-12;2-1(3,4)5/h4-8,13H,9-11H2,1-3H3;/q;-1/p+1. The molecule has 0 bridgehead atoms. The quantitative estimate of drug-likeness (QED) is 0.472. The molecule has 132 valence electrons. The summed E-state index contributed by atoms with van der Waals surface area (Å²) in [4.78, 5) is 10.8. The number of hydrogen-bond acceptors (Lipinski definition) is 2. The second-order valence-electron chi connectivity index (χ2n) is 5.98. The van der Waals surface area contributed by atoms with Gasteiger partial charge in [-0.15, -0.1) is 0 Å². The number of carbonyl (C=O) groups is 1. The van der Waals surface area contributed by atoms with Crippen LogP contribution in [0.15, 0.2) is 30.3 Å². The topological polar surface area (TPSA) is 46.5 Å². The SMILES string of the molecule is C[N+](C)(C)CC(CC(=O)O)OCc1ccccc1.F[B-](F)(F)F. The van der Waals surface area contributed by atoms with Crippen LogP contribution in [-0.2, 0) is 16.1 Å². The van der Waals surface area contributed by atoms with Crippen LogP contribution in [0.25, 0.3) is 0 Å². The monoisotopic (exact) mass is 339 g/mol. The Morgan fingerprint density at radius 1 is 1.17 bits per heavy atom. The smallest absolute Gasteiger partial charge is 0.481 e. The lowest BCUT2D eigenvalue weighted by atomic mass is 10.2. The van der Waals surface area contributed by atoms with Crippen LogP contribution in [0.2, 0.25) is 0 Å². The van der Waals surface area contributed by atoms with Gasteiger partial charge in [-0.25, -0.2) is 0 Å². The van der Waals surface area contributed by atoms with Crippen LogP contribution in [0.4, 0.5) is 17.3 Å². The van der Waals surface area contributed by atoms with E-state index >= 15 is 0 Å². The minimum absolute atomic E-state index is 0.0440. The summed E-state index contributed by atoms with van der Waals surface area (Å²) in [5.74, 6) is -0.818. The van der Waals surface area contributed by atoms with E-state index in [1.165, 1.54) is 0 Å². The Balaban J connectivity index is 0.000000841. The lowest BCUT2D eigenvalue weighted by Crippen LogP contribution is -2.43. The third kappa shape index (κ3) is 16.6. The van der Waals surface area contributed by atoms with E-state index in [1.807, 2.05) is 51.5 Å². The Kier molecular flexibility index (Phi) is 8.85. The third-order valence-electron chi connectivity index (χ3n) is 2.48. The first-order valence-corrected chi connectivity index (χ1v) is 6.92. The predicted molar refractivity (Wildman–Crippen MR) is 80.4 cm³/mol.